The number of alkyl halides is 3. The summed E-state index contributed by atoms with van der Waals surface area (Å²) in [4.78, 5) is 14.3. The molecule has 3 rings (SSSR count). The van der Waals surface area contributed by atoms with E-state index in [1.807, 2.05) is 0 Å². The van der Waals surface area contributed by atoms with Gasteiger partial charge in [0.2, 0.25) is 5.91 Å². The van der Waals surface area contributed by atoms with Gasteiger partial charge in [-0.3, -0.25) is 4.79 Å². The highest BCUT2D eigenvalue weighted by Crippen LogP contribution is 2.43. The van der Waals surface area contributed by atoms with Gasteiger partial charge >= 0.3 is 6.18 Å². The summed E-state index contributed by atoms with van der Waals surface area (Å²) in [6.07, 6.45) is -1.66. The van der Waals surface area contributed by atoms with Crippen molar-refractivity contribution in [1.29, 1.82) is 0 Å². The smallest absolute Gasteiger partial charge is 0.328 e. The standard InChI is InChI=1S/C19H19ClF3NOS/c20-16-5-3-15(4-6-16)18(8-1-2-9-18)17(25)24(13-19(21,22)23)11-14-7-10-26-12-14/h3-7,10,12H,1-2,8-9,11,13H2. The molecule has 0 radical (unpaired) electrons. The third-order valence-corrected chi connectivity index (χ3v) is 5.86. The molecular weight excluding hydrogens is 383 g/mol. The molecule has 2 aromatic rings. The highest BCUT2D eigenvalue weighted by atomic mass is 35.5. The van der Waals surface area contributed by atoms with Crippen LogP contribution in [0.25, 0.3) is 0 Å². The molecule has 1 aromatic heterocycles. The lowest BCUT2D eigenvalue weighted by atomic mass is 9.77. The molecule has 0 N–H and O–H groups in total. The van der Waals surface area contributed by atoms with Crippen LogP contribution in [0, 0.1) is 0 Å². The lowest BCUT2D eigenvalue weighted by Gasteiger charge is -2.35. The largest absolute Gasteiger partial charge is 0.406 e. The third kappa shape index (κ3) is 4.23. The maximum atomic E-state index is 13.4. The molecule has 1 saturated carbocycles. The summed E-state index contributed by atoms with van der Waals surface area (Å²) < 4.78 is 39.5. The summed E-state index contributed by atoms with van der Waals surface area (Å²) in [5.74, 6) is -0.444. The van der Waals surface area contributed by atoms with Crippen LogP contribution in [0.15, 0.2) is 41.1 Å². The predicted octanol–water partition coefficient (Wildman–Crippen LogP) is 5.80. The van der Waals surface area contributed by atoms with E-state index in [0.717, 1.165) is 28.9 Å². The Morgan fingerprint density at radius 3 is 2.35 bits per heavy atom. The van der Waals surface area contributed by atoms with Gasteiger partial charge in [0.1, 0.15) is 6.54 Å². The van der Waals surface area contributed by atoms with Crippen molar-refractivity contribution in [2.45, 2.75) is 43.8 Å². The molecule has 2 nitrogen and oxygen atoms in total. The summed E-state index contributed by atoms with van der Waals surface area (Å²) in [5, 5.41) is 4.12. The zero-order valence-electron chi connectivity index (χ0n) is 14.1. The highest BCUT2D eigenvalue weighted by Gasteiger charge is 2.47. The molecule has 1 fully saturated rings. The molecule has 1 aliphatic rings. The van der Waals surface area contributed by atoms with Crippen LogP contribution in [0.2, 0.25) is 5.02 Å². The van der Waals surface area contributed by atoms with E-state index in [0.29, 0.717) is 17.9 Å². The molecule has 0 saturated heterocycles. The summed E-state index contributed by atoms with van der Waals surface area (Å²) in [6, 6.07) is 8.67. The van der Waals surface area contributed by atoms with Crippen LogP contribution in [0.1, 0.15) is 36.8 Å². The van der Waals surface area contributed by atoms with E-state index >= 15 is 0 Å². The van der Waals surface area contributed by atoms with E-state index in [1.165, 1.54) is 11.3 Å². The molecule has 0 aliphatic heterocycles. The van der Waals surface area contributed by atoms with Crippen molar-refractivity contribution in [3.63, 3.8) is 0 Å². The van der Waals surface area contributed by atoms with E-state index < -0.39 is 24.0 Å². The Hall–Kier alpha value is -1.53. The first-order valence-electron chi connectivity index (χ1n) is 8.43. The number of rotatable bonds is 5. The molecule has 1 heterocycles. The minimum Gasteiger partial charge on any atom is -0.328 e. The number of hydrogen-bond acceptors (Lipinski definition) is 2. The lowest BCUT2D eigenvalue weighted by Crippen LogP contribution is -2.48. The van der Waals surface area contributed by atoms with Crippen molar-refractivity contribution in [3.8, 4) is 0 Å². The molecule has 26 heavy (non-hydrogen) atoms. The van der Waals surface area contributed by atoms with Crippen LogP contribution in [0.3, 0.4) is 0 Å². The molecule has 140 valence electrons. The van der Waals surface area contributed by atoms with E-state index in [4.69, 9.17) is 11.6 Å². The Morgan fingerprint density at radius 2 is 1.81 bits per heavy atom. The van der Waals surface area contributed by atoms with Gasteiger partial charge in [-0.25, -0.2) is 0 Å². The van der Waals surface area contributed by atoms with Gasteiger partial charge in [0.25, 0.3) is 0 Å². The van der Waals surface area contributed by atoms with Gasteiger partial charge in [0, 0.05) is 11.6 Å². The van der Waals surface area contributed by atoms with Crippen LogP contribution in [0.5, 0.6) is 0 Å². The number of benzene rings is 1. The molecule has 1 aromatic carbocycles. The predicted molar refractivity (Wildman–Crippen MR) is 97.4 cm³/mol. The van der Waals surface area contributed by atoms with Crippen molar-refractivity contribution < 1.29 is 18.0 Å². The number of thiophene rings is 1. The molecular formula is C19H19ClF3NOS. The first-order valence-corrected chi connectivity index (χ1v) is 9.75. The topological polar surface area (TPSA) is 20.3 Å². The van der Waals surface area contributed by atoms with Crippen molar-refractivity contribution in [2.24, 2.45) is 0 Å². The fourth-order valence-electron chi connectivity index (χ4n) is 3.70. The average molecular weight is 402 g/mol. The zero-order valence-corrected chi connectivity index (χ0v) is 15.6. The average Bonchev–Trinajstić information content (AvgIpc) is 3.25. The van der Waals surface area contributed by atoms with Gasteiger partial charge < -0.3 is 4.90 Å². The molecule has 0 spiro atoms. The van der Waals surface area contributed by atoms with Crippen molar-refractivity contribution in [1.82, 2.24) is 4.90 Å². The molecule has 0 unspecified atom stereocenters. The third-order valence-electron chi connectivity index (χ3n) is 4.87. The SMILES string of the molecule is O=C(N(Cc1ccsc1)CC(F)(F)F)C1(c2ccc(Cl)cc2)CCCC1. The number of carbonyl (C=O) groups is 1. The van der Waals surface area contributed by atoms with Crippen LogP contribution >= 0.6 is 22.9 Å². The van der Waals surface area contributed by atoms with Gasteiger partial charge in [-0.05, 0) is 52.9 Å². The Kier molecular flexibility index (Phi) is 5.63. The minimum atomic E-state index is -4.44. The first kappa shape index (κ1) is 19.2. The van der Waals surface area contributed by atoms with Crippen LogP contribution in [0.4, 0.5) is 13.2 Å². The summed E-state index contributed by atoms with van der Waals surface area (Å²) >= 11 is 7.35. The molecule has 1 amide bonds. The van der Waals surface area contributed by atoms with E-state index in [-0.39, 0.29) is 6.54 Å². The quantitative estimate of drug-likeness (QED) is 0.619. The van der Waals surface area contributed by atoms with Crippen LogP contribution in [-0.2, 0) is 16.8 Å². The van der Waals surface area contributed by atoms with Gasteiger partial charge in [-0.15, -0.1) is 0 Å². The van der Waals surface area contributed by atoms with Crippen molar-refractivity contribution >= 4 is 28.8 Å². The highest BCUT2D eigenvalue weighted by molar-refractivity contribution is 7.07. The maximum absolute atomic E-state index is 13.4. The molecule has 0 atom stereocenters. The number of amides is 1. The fourth-order valence-corrected chi connectivity index (χ4v) is 4.48. The second kappa shape index (κ2) is 7.61. The van der Waals surface area contributed by atoms with E-state index in [1.54, 1.807) is 41.1 Å². The summed E-state index contributed by atoms with van der Waals surface area (Å²) in [6.45, 7) is -1.27. The number of nitrogens with zero attached hydrogens (tertiary/aromatic N) is 1. The van der Waals surface area contributed by atoms with Gasteiger partial charge in [0.05, 0.1) is 5.41 Å². The number of halogens is 4. The monoisotopic (exact) mass is 401 g/mol. The second-order valence-corrected chi connectivity index (χ2v) is 7.92. The van der Waals surface area contributed by atoms with Gasteiger partial charge in [-0.2, -0.15) is 24.5 Å². The first-order chi connectivity index (χ1) is 12.3. The lowest BCUT2D eigenvalue weighted by molar-refractivity contribution is -0.166. The molecule has 1 aliphatic carbocycles. The maximum Gasteiger partial charge on any atom is 0.406 e. The van der Waals surface area contributed by atoms with Gasteiger partial charge in [-0.1, -0.05) is 36.6 Å². The zero-order chi connectivity index (χ0) is 18.8. The van der Waals surface area contributed by atoms with Crippen molar-refractivity contribution in [3.05, 3.63) is 57.2 Å². The van der Waals surface area contributed by atoms with Crippen molar-refractivity contribution in [2.75, 3.05) is 6.54 Å². The summed E-state index contributed by atoms with van der Waals surface area (Å²) in [7, 11) is 0. The van der Waals surface area contributed by atoms with Crippen LogP contribution in [-0.4, -0.2) is 23.5 Å². The normalized spacial score (nSPS) is 16.6. The van der Waals surface area contributed by atoms with E-state index in [9.17, 15) is 18.0 Å². The van der Waals surface area contributed by atoms with Gasteiger partial charge in [0.15, 0.2) is 0 Å². The Balaban J connectivity index is 1.94. The summed E-state index contributed by atoms with van der Waals surface area (Å²) in [5.41, 5.74) is 0.574. The Morgan fingerprint density at radius 1 is 1.15 bits per heavy atom. The Labute approximate surface area is 159 Å². The molecule has 0 bridgehead atoms. The minimum absolute atomic E-state index is 0.0306. The second-order valence-electron chi connectivity index (χ2n) is 6.70. The molecule has 7 heteroatoms. The number of hydrogen-bond donors (Lipinski definition) is 0. The van der Waals surface area contributed by atoms with E-state index in [2.05, 4.69) is 0 Å². The Bertz CT molecular complexity index is 737. The fraction of sp³-hybridized carbons (Fsp3) is 0.421. The number of carbonyl (C=O) groups excluding carboxylic acids is 1. The van der Waals surface area contributed by atoms with Crippen LogP contribution < -0.4 is 0 Å².